The summed E-state index contributed by atoms with van der Waals surface area (Å²) in [5, 5.41) is 4.84. The Morgan fingerprint density at radius 1 is 1.33 bits per heavy atom. The van der Waals surface area contributed by atoms with Crippen molar-refractivity contribution in [1.29, 1.82) is 0 Å². The van der Waals surface area contributed by atoms with Gasteiger partial charge in [-0.3, -0.25) is 16.0 Å². The Labute approximate surface area is 128 Å². The summed E-state index contributed by atoms with van der Waals surface area (Å²) in [5.41, 5.74) is 4.69. The van der Waals surface area contributed by atoms with Gasteiger partial charge in [0.2, 0.25) is 0 Å². The molecule has 1 heterocycles. The molecule has 1 atom stereocenters. The average molecular weight is 290 g/mol. The third-order valence-electron chi connectivity index (χ3n) is 6.02. The summed E-state index contributed by atoms with van der Waals surface area (Å²) in [4.78, 5) is 0. The van der Waals surface area contributed by atoms with Gasteiger partial charge in [0.15, 0.2) is 0 Å². The predicted molar refractivity (Wildman–Crippen MR) is 85.7 cm³/mol. The number of hydrogen-bond acceptors (Lipinski definition) is 3. The molecule has 118 valence electrons. The van der Waals surface area contributed by atoms with E-state index in [0.29, 0.717) is 17.5 Å². The van der Waals surface area contributed by atoms with E-state index in [0.717, 1.165) is 6.42 Å². The van der Waals surface area contributed by atoms with Crippen LogP contribution >= 0.6 is 0 Å². The van der Waals surface area contributed by atoms with Gasteiger partial charge in [0.05, 0.1) is 11.7 Å². The zero-order valence-electron chi connectivity index (χ0n) is 13.4. The van der Waals surface area contributed by atoms with Crippen molar-refractivity contribution in [2.24, 2.45) is 11.3 Å². The molecule has 3 N–H and O–H groups in total. The lowest BCUT2D eigenvalue weighted by Gasteiger charge is -2.36. The van der Waals surface area contributed by atoms with Gasteiger partial charge in [0, 0.05) is 18.7 Å². The fourth-order valence-electron chi connectivity index (χ4n) is 4.55. The van der Waals surface area contributed by atoms with E-state index in [1.54, 1.807) is 0 Å². The molecule has 2 aliphatic carbocycles. The zero-order chi connectivity index (χ0) is 14.7. The van der Waals surface area contributed by atoms with Crippen LogP contribution in [0.5, 0.6) is 0 Å². The predicted octanol–water partition coefficient (Wildman–Crippen LogP) is 3.34. The Morgan fingerprint density at radius 2 is 2.05 bits per heavy atom. The summed E-state index contributed by atoms with van der Waals surface area (Å²) < 4.78 is 2.20. The SMILES string of the molecule is CCC1(C(Cc2ccn(C3CCCC3)n2)NN)CCCC1. The summed E-state index contributed by atoms with van der Waals surface area (Å²) in [6, 6.07) is 3.19. The molecule has 0 radical (unpaired) electrons. The number of nitrogens with one attached hydrogen (secondary N) is 1. The molecule has 2 fully saturated rings. The first-order chi connectivity index (χ1) is 10.3. The van der Waals surface area contributed by atoms with Gasteiger partial charge in [-0.2, -0.15) is 5.10 Å². The van der Waals surface area contributed by atoms with Crippen molar-refractivity contribution in [3.63, 3.8) is 0 Å². The van der Waals surface area contributed by atoms with Gasteiger partial charge in [-0.15, -0.1) is 0 Å². The minimum Gasteiger partial charge on any atom is -0.271 e. The Balaban J connectivity index is 1.69. The highest BCUT2D eigenvalue weighted by Crippen LogP contribution is 2.44. The monoisotopic (exact) mass is 290 g/mol. The van der Waals surface area contributed by atoms with Crippen molar-refractivity contribution in [2.45, 2.75) is 83.2 Å². The lowest BCUT2D eigenvalue weighted by atomic mass is 9.75. The highest BCUT2D eigenvalue weighted by atomic mass is 15.3. The lowest BCUT2D eigenvalue weighted by molar-refractivity contribution is 0.184. The van der Waals surface area contributed by atoms with Crippen molar-refractivity contribution in [3.05, 3.63) is 18.0 Å². The average Bonchev–Trinajstić information content (AvgIpc) is 3.23. The van der Waals surface area contributed by atoms with Crippen molar-refractivity contribution in [2.75, 3.05) is 0 Å². The second kappa shape index (κ2) is 6.49. The zero-order valence-corrected chi connectivity index (χ0v) is 13.4. The molecule has 3 rings (SSSR count). The van der Waals surface area contributed by atoms with Crippen LogP contribution in [0.2, 0.25) is 0 Å². The maximum atomic E-state index is 5.91. The highest BCUT2D eigenvalue weighted by Gasteiger charge is 2.39. The first kappa shape index (κ1) is 15.0. The molecule has 2 aliphatic rings. The number of hydrazine groups is 1. The lowest BCUT2D eigenvalue weighted by Crippen LogP contribution is -2.48. The van der Waals surface area contributed by atoms with Gasteiger partial charge < -0.3 is 0 Å². The fourth-order valence-corrected chi connectivity index (χ4v) is 4.55. The molecule has 4 heteroatoms. The van der Waals surface area contributed by atoms with E-state index < -0.39 is 0 Å². The van der Waals surface area contributed by atoms with Crippen molar-refractivity contribution in [3.8, 4) is 0 Å². The van der Waals surface area contributed by atoms with Crippen LogP contribution in [0.3, 0.4) is 0 Å². The van der Waals surface area contributed by atoms with Gasteiger partial charge in [0.25, 0.3) is 0 Å². The molecular weight excluding hydrogens is 260 g/mol. The number of aromatic nitrogens is 2. The van der Waals surface area contributed by atoms with Crippen LogP contribution < -0.4 is 11.3 Å². The fraction of sp³-hybridized carbons (Fsp3) is 0.824. The first-order valence-corrected chi connectivity index (χ1v) is 8.77. The first-order valence-electron chi connectivity index (χ1n) is 8.77. The molecule has 1 aromatic rings. The second-order valence-electron chi connectivity index (χ2n) is 7.07. The molecule has 0 saturated heterocycles. The van der Waals surface area contributed by atoms with E-state index in [1.165, 1.54) is 63.5 Å². The van der Waals surface area contributed by atoms with E-state index in [-0.39, 0.29) is 0 Å². The molecule has 4 nitrogen and oxygen atoms in total. The Hall–Kier alpha value is -0.870. The molecule has 2 saturated carbocycles. The third-order valence-corrected chi connectivity index (χ3v) is 6.02. The number of nitrogens with zero attached hydrogens (tertiary/aromatic N) is 2. The molecule has 0 aliphatic heterocycles. The molecule has 0 amide bonds. The number of hydrogen-bond donors (Lipinski definition) is 2. The van der Waals surface area contributed by atoms with Crippen LogP contribution in [0.1, 0.15) is 76.4 Å². The topological polar surface area (TPSA) is 55.9 Å². The highest BCUT2D eigenvalue weighted by molar-refractivity contribution is 5.06. The number of rotatable bonds is 6. The van der Waals surface area contributed by atoms with Crippen LogP contribution in [0.4, 0.5) is 0 Å². The number of nitrogens with two attached hydrogens (primary N) is 1. The summed E-state index contributed by atoms with van der Waals surface area (Å²) >= 11 is 0. The summed E-state index contributed by atoms with van der Waals surface area (Å²) in [5.74, 6) is 5.91. The van der Waals surface area contributed by atoms with Crippen LogP contribution in [0, 0.1) is 5.41 Å². The van der Waals surface area contributed by atoms with E-state index in [2.05, 4.69) is 29.3 Å². The van der Waals surface area contributed by atoms with Crippen LogP contribution in [0.25, 0.3) is 0 Å². The molecule has 1 aromatic heterocycles. The smallest absolute Gasteiger partial charge is 0.0640 e. The molecule has 0 aromatic carbocycles. The standard InChI is InChI=1S/C17H30N4/c1-2-17(10-5-6-11-17)16(19-18)13-14-9-12-21(20-14)15-7-3-4-8-15/h9,12,15-16,19H,2-8,10-11,13,18H2,1H3. The van der Waals surface area contributed by atoms with Crippen molar-refractivity contribution < 1.29 is 0 Å². The van der Waals surface area contributed by atoms with Crippen molar-refractivity contribution in [1.82, 2.24) is 15.2 Å². The molecule has 21 heavy (non-hydrogen) atoms. The van der Waals surface area contributed by atoms with E-state index in [9.17, 15) is 0 Å². The van der Waals surface area contributed by atoms with E-state index >= 15 is 0 Å². The van der Waals surface area contributed by atoms with Gasteiger partial charge >= 0.3 is 0 Å². The van der Waals surface area contributed by atoms with Gasteiger partial charge in [-0.25, -0.2) is 0 Å². The minimum atomic E-state index is 0.358. The van der Waals surface area contributed by atoms with Gasteiger partial charge in [-0.05, 0) is 43.6 Å². The molecule has 0 spiro atoms. The van der Waals surface area contributed by atoms with Gasteiger partial charge in [-0.1, -0.05) is 32.6 Å². The minimum absolute atomic E-state index is 0.358. The van der Waals surface area contributed by atoms with Crippen LogP contribution in [-0.2, 0) is 6.42 Å². The molecule has 0 bridgehead atoms. The largest absolute Gasteiger partial charge is 0.271 e. The van der Waals surface area contributed by atoms with Gasteiger partial charge in [0.1, 0.15) is 0 Å². The Morgan fingerprint density at radius 3 is 2.67 bits per heavy atom. The Kier molecular flexibility index (Phi) is 4.65. The molecular formula is C17H30N4. The second-order valence-corrected chi connectivity index (χ2v) is 7.07. The normalized spacial score (nSPS) is 23.7. The van der Waals surface area contributed by atoms with Crippen LogP contribution in [0.15, 0.2) is 12.3 Å². The summed E-state index contributed by atoms with van der Waals surface area (Å²) in [7, 11) is 0. The summed E-state index contributed by atoms with van der Waals surface area (Å²) in [6.45, 7) is 2.31. The van der Waals surface area contributed by atoms with Crippen molar-refractivity contribution >= 4 is 0 Å². The Bertz CT molecular complexity index is 441. The maximum Gasteiger partial charge on any atom is 0.0640 e. The summed E-state index contributed by atoms with van der Waals surface area (Å²) in [6.07, 6.45) is 14.9. The quantitative estimate of drug-likeness (QED) is 0.624. The maximum absolute atomic E-state index is 5.91. The molecule has 1 unspecified atom stereocenters. The third kappa shape index (κ3) is 3.02. The van der Waals surface area contributed by atoms with Crippen LogP contribution in [-0.4, -0.2) is 15.8 Å². The van der Waals surface area contributed by atoms with E-state index in [4.69, 9.17) is 10.9 Å². The van der Waals surface area contributed by atoms with E-state index in [1.807, 2.05) is 0 Å².